The minimum atomic E-state index is -0.593. The van der Waals surface area contributed by atoms with E-state index in [1.54, 1.807) is 36.4 Å². The molecular formula is C19H19BrO5. The molecule has 0 aliphatic rings. The van der Waals surface area contributed by atoms with Gasteiger partial charge in [0.2, 0.25) is 5.78 Å². The molecule has 25 heavy (non-hydrogen) atoms. The van der Waals surface area contributed by atoms with Crippen LogP contribution < -0.4 is 9.47 Å². The summed E-state index contributed by atoms with van der Waals surface area (Å²) in [6.45, 7) is 4.31. The lowest BCUT2D eigenvalue weighted by atomic mass is 10.1. The number of carbonyl (C=O) groups excluding carboxylic acids is 2. The number of carbonyl (C=O) groups is 2. The van der Waals surface area contributed by atoms with Gasteiger partial charge in [-0.25, -0.2) is 4.79 Å². The molecule has 0 radical (unpaired) electrons. The average molecular weight is 407 g/mol. The molecule has 6 heteroatoms. The van der Waals surface area contributed by atoms with Crippen molar-refractivity contribution >= 4 is 27.7 Å². The van der Waals surface area contributed by atoms with Gasteiger partial charge in [-0.3, -0.25) is 4.79 Å². The van der Waals surface area contributed by atoms with Crippen LogP contribution >= 0.6 is 15.9 Å². The molecule has 0 heterocycles. The summed E-state index contributed by atoms with van der Waals surface area (Å²) in [4.78, 5) is 24.4. The lowest BCUT2D eigenvalue weighted by molar-refractivity contribution is 0.0474. The molecule has 0 N–H and O–H groups in total. The number of Topliss-reactive ketones (excluding diaryl/α,β-unsaturated/α-hetero) is 1. The SMILES string of the molecule is CCOc1ccc(C(=O)OCC(=O)c2ccccc2Br)cc1OCC. The Morgan fingerprint density at radius 3 is 2.32 bits per heavy atom. The Bertz CT molecular complexity index is 757. The maximum absolute atomic E-state index is 12.2. The van der Waals surface area contributed by atoms with E-state index in [4.69, 9.17) is 14.2 Å². The third-order valence-corrected chi connectivity index (χ3v) is 3.98. The molecule has 2 rings (SSSR count). The molecule has 2 aromatic carbocycles. The Kier molecular flexibility index (Phi) is 7.01. The highest BCUT2D eigenvalue weighted by Gasteiger charge is 2.16. The highest BCUT2D eigenvalue weighted by Crippen LogP contribution is 2.28. The summed E-state index contributed by atoms with van der Waals surface area (Å²) in [6, 6.07) is 11.8. The Balaban J connectivity index is 2.06. The fourth-order valence-corrected chi connectivity index (χ4v) is 2.66. The highest BCUT2D eigenvalue weighted by molar-refractivity contribution is 9.10. The number of benzene rings is 2. The van der Waals surface area contributed by atoms with Crippen molar-refractivity contribution in [2.75, 3.05) is 19.8 Å². The maximum atomic E-state index is 12.2. The number of halogens is 1. The summed E-state index contributed by atoms with van der Waals surface area (Å²) in [7, 11) is 0. The molecule has 0 aliphatic carbocycles. The van der Waals surface area contributed by atoms with Crippen LogP contribution in [-0.2, 0) is 4.74 Å². The molecule has 0 bridgehead atoms. The first-order valence-corrected chi connectivity index (χ1v) is 8.70. The second-order valence-corrected chi connectivity index (χ2v) is 5.86. The van der Waals surface area contributed by atoms with E-state index in [-0.39, 0.29) is 12.4 Å². The van der Waals surface area contributed by atoms with Gasteiger partial charge in [0.15, 0.2) is 18.1 Å². The zero-order chi connectivity index (χ0) is 18.2. The Morgan fingerprint density at radius 2 is 1.64 bits per heavy atom. The van der Waals surface area contributed by atoms with Crippen molar-refractivity contribution in [3.63, 3.8) is 0 Å². The van der Waals surface area contributed by atoms with E-state index in [2.05, 4.69) is 15.9 Å². The summed E-state index contributed by atoms with van der Waals surface area (Å²) in [5, 5.41) is 0. The van der Waals surface area contributed by atoms with Crippen molar-refractivity contribution in [1.82, 2.24) is 0 Å². The van der Waals surface area contributed by atoms with Gasteiger partial charge >= 0.3 is 5.97 Å². The van der Waals surface area contributed by atoms with E-state index in [1.807, 2.05) is 19.9 Å². The lowest BCUT2D eigenvalue weighted by Gasteiger charge is -2.12. The van der Waals surface area contributed by atoms with Crippen LogP contribution in [0.15, 0.2) is 46.9 Å². The first-order chi connectivity index (χ1) is 12.1. The van der Waals surface area contributed by atoms with Crippen molar-refractivity contribution in [2.24, 2.45) is 0 Å². The summed E-state index contributed by atoms with van der Waals surface area (Å²) < 4.78 is 16.7. The summed E-state index contributed by atoms with van der Waals surface area (Å²) in [5.41, 5.74) is 0.767. The van der Waals surface area contributed by atoms with E-state index in [0.717, 1.165) is 0 Å². The number of rotatable bonds is 8. The van der Waals surface area contributed by atoms with Crippen LogP contribution in [0.4, 0.5) is 0 Å². The van der Waals surface area contributed by atoms with Crippen LogP contribution in [0.3, 0.4) is 0 Å². The minimum absolute atomic E-state index is 0.281. The lowest BCUT2D eigenvalue weighted by Crippen LogP contribution is -2.15. The van der Waals surface area contributed by atoms with E-state index in [9.17, 15) is 9.59 Å². The molecular weight excluding hydrogens is 388 g/mol. The highest BCUT2D eigenvalue weighted by atomic mass is 79.9. The van der Waals surface area contributed by atoms with E-state index >= 15 is 0 Å². The Hall–Kier alpha value is -2.34. The number of ketones is 1. The zero-order valence-electron chi connectivity index (χ0n) is 14.1. The second-order valence-electron chi connectivity index (χ2n) is 5.01. The molecule has 5 nitrogen and oxygen atoms in total. The maximum Gasteiger partial charge on any atom is 0.338 e. The molecule has 0 unspecified atom stereocenters. The molecule has 0 aromatic heterocycles. The molecule has 0 atom stereocenters. The molecule has 0 fully saturated rings. The minimum Gasteiger partial charge on any atom is -0.490 e. The predicted molar refractivity (Wildman–Crippen MR) is 97.5 cm³/mol. The first kappa shape index (κ1) is 19.0. The topological polar surface area (TPSA) is 61.8 Å². The van der Waals surface area contributed by atoms with Gasteiger partial charge in [-0.05, 0) is 38.1 Å². The fourth-order valence-electron chi connectivity index (χ4n) is 2.16. The third-order valence-electron chi connectivity index (χ3n) is 3.29. The van der Waals surface area contributed by atoms with Crippen LogP contribution in [-0.4, -0.2) is 31.6 Å². The van der Waals surface area contributed by atoms with Crippen LogP contribution in [0.1, 0.15) is 34.6 Å². The Labute approximate surface area is 155 Å². The van der Waals surface area contributed by atoms with E-state index in [1.165, 1.54) is 0 Å². The summed E-state index contributed by atoms with van der Waals surface area (Å²) in [6.07, 6.45) is 0. The van der Waals surface area contributed by atoms with Gasteiger partial charge in [0.1, 0.15) is 0 Å². The second kappa shape index (κ2) is 9.22. The van der Waals surface area contributed by atoms with Crippen molar-refractivity contribution in [2.45, 2.75) is 13.8 Å². The summed E-state index contributed by atoms with van der Waals surface area (Å²) >= 11 is 3.31. The standard InChI is InChI=1S/C19H19BrO5/c1-3-23-17-10-9-13(11-18(17)24-4-2)19(22)25-12-16(21)14-7-5-6-8-15(14)20/h5-11H,3-4,12H2,1-2H3. The van der Waals surface area contributed by atoms with Crippen molar-refractivity contribution < 1.29 is 23.8 Å². The smallest absolute Gasteiger partial charge is 0.338 e. The van der Waals surface area contributed by atoms with Gasteiger partial charge in [-0.15, -0.1) is 0 Å². The van der Waals surface area contributed by atoms with Crippen LogP contribution in [0.5, 0.6) is 11.5 Å². The van der Waals surface area contributed by atoms with E-state index < -0.39 is 5.97 Å². The summed E-state index contributed by atoms with van der Waals surface area (Å²) in [5.74, 6) is 0.155. The molecule has 0 saturated carbocycles. The first-order valence-electron chi connectivity index (χ1n) is 7.91. The van der Waals surface area contributed by atoms with Gasteiger partial charge in [0.05, 0.1) is 18.8 Å². The molecule has 0 spiro atoms. The third kappa shape index (κ3) is 5.06. The number of hydrogen-bond acceptors (Lipinski definition) is 5. The fraction of sp³-hybridized carbons (Fsp3) is 0.263. The zero-order valence-corrected chi connectivity index (χ0v) is 15.7. The monoisotopic (exact) mass is 406 g/mol. The quantitative estimate of drug-likeness (QED) is 0.483. The number of esters is 1. The van der Waals surface area contributed by atoms with Gasteiger partial charge < -0.3 is 14.2 Å². The molecule has 0 saturated heterocycles. The van der Waals surface area contributed by atoms with Gasteiger partial charge in [-0.2, -0.15) is 0 Å². The average Bonchev–Trinajstić information content (AvgIpc) is 2.61. The molecule has 0 aliphatic heterocycles. The largest absolute Gasteiger partial charge is 0.490 e. The van der Waals surface area contributed by atoms with E-state index in [0.29, 0.717) is 40.3 Å². The van der Waals surface area contributed by atoms with Gasteiger partial charge in [-0.1, -0.05) is 34.1 Å². The van der Waals surface area contributed by atoms with Crippen LogP contribution in [0, 0.1) is 0 Å². The van der Waals surface area contributed by atoms with Crippen molar-refractivity contribution in [3.05, 3.63) is 58.1 Å². The van der Waals surface area contributed by atoms with Gasteiger partial charge in [0.25, 0.3) is 0 Å². The van der Waals surface area contributed by atoms with Crippen molar-refractivity contribution in [1.29, 1.82) is 0 Å². The number of ether oxygens (including phenoxy) is 3. The van der Waals surface area contributed by atoms with Crippen molar-refractivity contribution in [3.8, 4) is 11.5 Å². The molecule has 2 aromatic rings. The van der Waals surface area contributed by atoms with Gasteiger partial charge in [0, 0.05) is 10.0 Å². The number of hydrogen-bond donors (Lipinski definition) is 0. The predicted octanol–water partition coefficient (Wildman–Crippen LogP) is 4.29. The normalized spacial score (nSPS) is 10.2. The molecule has 0 amide bonds. The Morgan fingerprint density at radius 1 is 0.960 bits per heavy atom. The van der Waals surface area contributed by atoms with Crippen LogP contribution in [0.2, 0.25) is 0 Å². The molecule has 132 valence electrons. The van der Waals surface area contributed by atoms with Crippen LogP contribution in [0.25, 0.3) is 0 Å².